The minimum atomic E-state index is -0.853. The Labute approximate surface area is 191 Å². The lowest BCUT2D eigenvalue weighted by Crippen LogP contribution is -2.51. The highest BCUT2D eigenvalue weighted by molar-refractivity contribution is 8.23. The summed E-state index contributed by atoms with van der Waals surface area (Å²) in [5.41, 5.74) is 1.19. The van der Waals surface area contributed by atoms with Crippen LogP contribution in [0.5, 0.6) is 0 Å². The Morgan fingerprint density at radius 3 is 2.16 bits per heavy atom. The van der Waals surface area contributed by atoms with E-state index in [0.717, 1.165) is 9.88 Å². The molecule has 0 radical (unpaired) electrons. The maximum absolute atomic E-state index is 13.6. The van der Waals surface area contributed by atoms with Crippen molar-refractivity contribution in [2.75, 3.05) is 11.9 Å². The number of thiocarbonyl (C=S) groups is 1. The van der Waals surface area contributed by atoms with Gasteiger partial charge in [0.05, 0.1) is 23.2 Å². The minimum Gasteiger partial charge on any atom is -0.353 e. The van der Waals surface area contributed by atoms with Crippen LogP contribution in [0.2, 0.25) is 0 Å². The van der Waals surface area contributed by atoms with E-state index in [1.54, 1.807) is 12.1 Å². The molecule has 0 spiro atoms. The third-order valence-electron chi connectivity index (χ3n) is 6.49. The topological polar surface area (TPSA) is 53.1 Å². The molecule has 160 valence electrons. The molecule has 2 aromatic rings. The van der Waals surface area contributed by atoms with E-state index in [9.17, 15) is 9.59 Å². The number of hydrogen-bond donors (Lipinski definition) is 0. The van der Waals surface area contributed by atoms with E-state index in [2.05, 4.69) is 18.7 Å². The van der Waals surface area contributed by atoms with Crippen molar-refractivity contribution in [2.45, 2.75) is 36.9 Å². The molecule has 0 aliphatic carbocycles. The molecule has 0 N–H and O–H groups in total. The Morgan fingerprint density at radius 2 is 1.58 bits per heavy atom. The maximum Gasteiger partial charge on any atom is 0.265 e. The Hall–Kier alpha value is -2.26. The van der Waals surface area contributed by atoms with Gasteiger partial charge in [-0.2, -0.15) is 5.06 Å². The molecule has 2 amide bonds. The SMILES string of the molecule is CN1C(=S)S[C@@H](N2O[C@@H]3C(=O)N(c4ccccc4)C(=O)[C@@H]3[C@H]2c2ccccc2)C1(C)C. The number of benzene rings is 2. The van der Waals surface area contributed by atoms with Gasteiger partial charge in [0.2, 0.25) is 5.91 Å². The van der Waals surface area contributed by atoms with Crippen molar-refractivity contribution < 1.29 is 14.4 Å². The average Bonchev–Trinajstić information content (AvgIpc) is 3.34. The zero-order chi connectivity index (χ0) is 21.9. The Kier molecular flexibility index (Phi) is 4.93. The van der Waals surface area contributed by atoms with Crippen LogP contribution in [0.15, 0.2) is 60.7 Å². The van der Waals surface area contributed by atoms with Gasteiger partial charge in [-0.3, -0.25) is 14.4 Å². The molecule has 31 heavy (non-hydrogen) atoms. The van der Waals surface area contributed by atoms with Gasteiger partial charge in [0.1, 0.15) is 9.69 Å². The van der Waals surface area contributed by atoms with Crippen LogP contribution in [0.1, 0.15) is 25.5 Å². The van der Waals surface area contributed by atoms with E-state index in [-0.39, 0.29) is 28.8 Å². The van der Waals surface area contributed by atoms with Crippen LogP contribution in [0.4, 0.5) is 5.69 Å². The summed E-state index contributed by atoms with van der Waals surface area (Å²) in [4.78, 5) is 36.6. The molecule has 8 heteroatoms. The van der Waals surface area contributed by atoms with Gasteiger partial charge in [-0.15, -0.1) is 0 Å². The highest BCUT2D eigenvalue weighted by Gasteiger charge is 2.63. The van der Waals surface area contributed by atoms with Gasteiger partial charge in [0, 0.05) is 7.05 Å². The summed E-state index contributed by atoms with van der Waals surface area (Å²) >= 11 is 7.09. The van der Waals surface area contributed by atoms with Crippen molar-refractivity contribution in [1.29, 1.82) is 0 Å². The van der Waals surface area contributed by atoms with Crippen LogP contribution in [0, 0.1) is 5.92 Å². The molecule has 5 rings (SSSR count). The van der Waals surface area contributed by atoms with Gasteiger partial charge in [0.15, 0.2) is 6.10 Å². The third-order valence-corrected chi connectivity index (χ3v) is 8.53. The quantitative estimate of drug-likeness (QED) is 0.520. The first-order valence-corrected chi connectivity index (χ1v) is 11.5. The second kappa shape index (κ2) is 7.41. The molecule has 0 saturated carbocycles. The summed E-state index contributed by atoms with van der Waals surface area (Å²) in [5, 5.41) is 1.69. The van der Waals surface area contributed by atoms with E-state index in [0.29, 0.717) is 5.69 Å². The summed E-state index contributed by atoms with van der Waals surface area (Å²) in [6, 6.07) is 18.5. The molecule has 4 atom stereocenters. The fourth-order valence-electron chi connectivity index (χ4n) is 4.55. The van der Waals surface area contributed by atoms with Crippen LogP contribution in [0.25, 0.3) is 0 Å². The molecular weight excluding hydrogens is 430 g/mol. The van der Waals surface area contributed by atoms with Crippen molar-refractivity contribution in [3.63, 3.8) is 0 Å². The number of amides is 2. The van der Waals surface area contributed by atoms with E-state index >= 15 is 0 Å². The lowest BCUT2D eigenvalue weighted by molar-refractivity contribution is -0.188. The number of hydroxylamine groups is 2. The summed E-state index contributed by atoms with van der Waals surface area (Å²) in [7, 11) is 1.97. The molecule has 2 aromatic carbocycles. The summed E-state index contributed by atoms with van der Waals surface area (Å²) < 4.78 is 0.769. The predicted molar refractivity (Wildman–Crippen MR) is 124 cm³/mol. The van der Waals surface area contributed by atoms with Crippen molar-refractivity contribution in [1.82, 2.24) is 9.96 Å². The average molecular weight is 454 g/mol. The first-order chi connectivity index (χ1) is 14.8. The van der Waals surface area contributed by atoms with Crippen molar-refractivity contribution >= 4 is 45.8 Å². The summed E-state index contributed by atoms with van der Waals surface area (Å²) in [5.74, 6) is -1.17. The monoisotopic (exact) mass is 453 g/mol. The van der Waals surface area contributed by atoms with E-state index in [4.69, 9.17) is 17.1 Å². The van der Waals surface area contributed by atoms with Crippen molar-refractivity contribution in [3.8, 4) is 0 Å². The van der Waals surface area contributed by atoms with Crippen molar-refractivity contribution in [2.24, 2.45) is 5.92 Å². The van der Waals surface area contributed by atoms with Crippen LogP contribution in [-0.2, 0) is 14.4 Å². The largest absolute Gasteiger partial charge is 0.353 e. The lowest BCUT2D eigenvalue weighted by atomic mass is 9.90. The Bertz CT molecular complexity index is 1050. The molecule has 3 aliphatic heterocycles. The fourth-order valence-corrected chi connectivity index (χ4v) is 6.38. The van der Waals surface area contributed by atoms with Gasteiger partial charge in [-0.1, -0.05) is 72.5 Å². The third kappa shape index (κ3) is 3.04. The molecule has 3 fully saturated rings. The number of hydrogen-bond acceptors (Lipinski definition) is 6. The number of fused-ring (bicyclic) bond motifs is 1. The van der Waals surface area contributed by atoms with Crippen LogP contribution < -0.4 is 4.90 Å². The molecule has 3 saturated heterocycles. The maximum atomic E-state index is 13.6. The Balaban J connectivity index is 1.57. The van der Waals surface area contributed by atoms with Gasteiger partial charge >= 0.3 is 0 Å². The smallest absolute Gasteiger partial charge is 0.265 e. The zero-order valence-corrected chi connectivity index (χ0v) is 19.1. The van der Waals surface area contributed by atoms with Gasteiger partial charge in [-0.05, 0) is 31.5 Å². The highest BCUT2D eigenvalue weighted by atomic mass is 32.2. The Morgan fingerprint density at radius 1 is 0.968 bits per heavy atom. The van der Waals surface area contributed by atoms with Gasteiger partial charge < -0.3 is 4.90 Å². The fraction of sp³-hybridized carbons (Fsp3) is 0.348. The second-order valence-electron chi connectivity index (χ2n) is 8.56. The van der Waals surface area contributed by atoms with Crippen LogP contribution in [-0.4, -0.2) is 50.2 Å². The van der Waals surface area contributed by atoms with E-state index in [1.165, 1.54) is 16.7 Å². The number of likely N-dealkylation sites (N-methyl/N-ethyl adjacent to an activating group) is 1. The first-order valence-electron chi connectivity index (χ1n) is 10.2. The van der Waals surface area contributed by atoms with Crippen LogP contribution in [0.3, 0.4) is 0 Å². The molecule has 0 unspecified atom stereocenters. The number of rotatable bonds is 3. The summed E-state index contributed by atoms with van der Waals surface area (Å²) in [6.07, 6.45) is -0.853. The number of anilines is 1. The molecule has 3 heterocycles. The van der Waals surface area contributed by atoms with Crippen molar-refractivity contribution in [3.05, 3.63) is 66.2 Å². The second-order valence-corrected chi connectivity index (χ2v) is 10.3. The molecular formula is C23H23N3O3S2. The highest BCUT2D eigenvalue weighted by Crippen LogP contribution is 2.52. The van der Waals surface area contributed by atoms with E-state index < -0.39 is 12.0 Å². The number of nitrogens with zero attached hydrogens (tertiary/aromatic N) is 3. The molecule has 0 aromatic heterocycles. The zero-order valence-electron chi connectivity index (χ0n) is 17.5. The standard InChI is InChI=1S/C23H23N3O3S2/c1-23(2)21(31-22(30)24(23)3)26-17(14-10-6-4-7-11-14)16-18(29-26)20(28)25(19(16)27)15-12-8-5-9-13-15/h4-13,16-18,21H,1-3H3/t16-,17-,18+,21-/m1/s1. The molecule has 0 bridgehead atoms. The molecule has 6 nitrogen and oxygen atoms in total. The lowest BCUT2D eigenvalue weighted by Gasteiger charge is -2.39. The summed E-state index contributed by atoms with van der Waals surface area (Å²) in [6.45, 7) is 4.20. The minimum absolute atomic E-state index is 0.161. The number of imide groups is 1. The van der Waals surface area contributed by atoms with Gasteiger partial charge in [0.25, 0.3) is 5.91 Å². The van der Waals surface area contributed by atoms with Crippen LogP contribution >= 0.6 is 24.0 Å². The molecule has 3 aliphatic rings. The number of para-hydroxylation sites is 1. The van der Waals surface area contributed by atoms with Gasteiger partial charge in [-0.25, -0.2) is 4.90 Å². The number of carbonyl (C=O) groups is 2. The first kappa shape index (κ1) is 20.6. The van der Waals surface area contributed by atoms with E-state index in [1.807, 2.05) is 60.6 Å². The predicted octanol–water partition coefficient (Wildman–Crippen LogP) is 3.60. The number of thioether (sulfide) groups is 1. The number of carbonyl (C=O) groups excluding carboxylic acids is 2. The normalized spacial score (nSPS) is 30.4.